The van der Waals surface area contributed by atoms with Crippen LogP contribution in [0.3, 0.4) is 0 Å². The molecule has 10 atom stereocenters. The van der Waals surface area contributed by atoms with Gasteiger partial charge < -0.3 is 29.3 Å². The smallest absolute Gasteiger partial charge is 0.193 e. The van der Waals surface area contributed by atoms with E-state index in [4.69, 9.17) is 14.2 Å². The monoisotopic (exact) mass is 707 g/mol. The van der Waals surface area contributed by atoms with E-state index in [1.165, 1.54) is 12.2 Å². The standard InChI is InChI=1S/C40H47F2NO7.CH4/c1-22(2)43(5)31-12-9-24(16-32(31)48-6)15-23-7-10-25(11-8-23)36-49-35-19-27-28-18-30(41)29-17-26(45)13-14-37(29,3)39(28,42)33(46)20-38(27,4)40(35,50-36)34(47)21-44;/h7-14,16-17,22,27-28,30,33,35-36,44,46H,15,18-21H2,1-6H3;1H4/t27-,28-,30-,33-,35+,36-,37-,38-,39-,40+;/m0./s1. The van der Waals surface area contributed by atoms with Crippen molar-refractivity contribution in [2.75, 3.05) is 25.7 Å². The second kappa shape index (κ2) is 12.9. The molecular formula is C41H51F2NO7. The maximum absolute atomic E-state index is 17.6. The van der Waals surface area contributed by atoms with Gasteiger partial charge >= 0.3 is 0 Å². The van der Waals surface area contributed by atoms with Crippen LogP contribution in [0.1, 0.15) is 77.4 Å². The second-order valence-electron chi connectivity index (χ2n) is 15.6. The summed E-state index contributed by atoms with van der Waals surface area (Å²) in [5.74, 6) is -1.82. The number of benzene rings is 2. The minimum Gasteiger partial charge on any atom is -0.495 e. The molecule has 0 bridgehead atoms. The molecule has 10 heteroatoms. The number of aliphatic hydroxyl groups is 2. The zero-order valence-electron chi connectivity index (χ0n) is 29.5. The number of aliphatic hydroxyl groups excluding tert-OH is 2. The molecule has 5 aliphatic rings. The number of rotatable bonds is 8. The van der Waals surface area contributed by atoms with Gasteiger partial charge in [-0.2, -0.15) is 0 Å². The molecule has 0 unspecified atom stereocenters. The lowest BCUT2D eigenvalue weighted by Gasteiger charge is -2.63. The summed E-state index contributed by atoms with van der Waals surface area (Å²) in [5.41, 5.74) is -2.84. The molecule has 2 aromatic rings. The van der Waals surface area contributed by atoms with E-state index in [1.807, 2.05) is 37.4 Å². The number of fused-ring (bicyclic) bond motifs is 7. The number of methoxy groups -OCH3 is 1. The summed E-state index contributed by atoms with van der Waals surface area (Å²) in [6.45, 7) is 6.74. The molecule has 0 amide bonds. The first kappa shape index (κ1) is 37.3. The van der Waals surface area contributed by atoms with Gasteiger partial charge in [-0.3, -0.25) is 9.59 Å². The fourth-order valence-corrected chi connectivity index (χ4v) is 10.1. The molecule has 2 N–H and O–H groups in total. The van der Waals surface area contributed by atoms with Crippen molar-refractivity contribution in [1.82, 2.24) is 0 Å². The fourth-order valence-electron chi connectivity index (χ4n) is 10.1. The number of hydrogen-bond donors (Lipinski definition) is 2. The fraction of sp³-hybridized carbons (Fsp3) is 0.561. The van der Waals surface area contributed by atoms with Gasteiger partial charge in [-0.15, -0.1) is 0 Å². The summed E-state index contributed by atoms with van der Waals surface area (Å²) in [6, 6.07) is 14.2. The summed E-state index contributed by atoms with van der Waals surface area (Å²) in [5, 5.41) is 22.0. The Hall–Kier alpha value is -3.44. The number of ketones is 2. The summed E-state index contributed by atoms with van der Waals surface area (Å²) in [4.78, 5) is 28.2. The number of carbonyl (C=O) groups is 2. The third-order valence-electron chi connectivity index (χ3n) is 13.0. The normalized spacial score (nSPS) is 37.9. The number of hydrogen-bond acceptors (Lipinski definition) is 8. The molecule has 1 saturated heterocycles. The third kappa shape index (κ3) is 5.18. The minimum absolute atomic E-state index is 0. The van der Waals surface area contributed by atoms with Crippen molar-refractivity contribution in [3.8, 4) is 5.75 Å². The number of ether oxygens (including phenoxy) is 3. The van der Waals surface area contributed by atoms with Gasteiger partial charge in [0, 0.05) is 35.4 Å². The van der Waals surface area contributed by atoms with Gasteiger partial charge in [0.25, 0.3) is 0 Å². The van der Waals surface area contributed by atoms with Gasteiger partial charge in [-0.25, -0.2) is 8.78 Å². The highest BCUT2D eigenvalue weighted by Gasteiger charge is 2.80. The van der Waals surface area contributed by atoms with Crippen molar-refractivity contribution in [2.24, 2.45) is 22.7 Å². The van der Waals surface area contributed by atoms with Crippen LogP contribution in [0.2, 0.25) is 0 Å². The second-order valence-corrected chi connectivity index (χ2v) is 15.6. The molecule has 7 rings (SSSR count). The van der Waals surface area contributed by atoms with Gasteiger partial charge in [-0.1, -0.05) is 50.8 Å². The summed E-state index contributed by atoms with van der Waals surface area (Å²) in [6.07, 6.45) is -0.781. The molecule has 0 spiro atoms. The van der Waals surface area contributed by atoms with E-state index in [0.717, 1.165) is 28.6 Å². The topological polar surface area (TPSA) is 106 Å². The van der Waals surface area contributed by atoms with Crippen LogP contribution in [0.15, 0.2) is 66.3 Å². The Morgan fingerprint density at radius 1 is 1.10 bits per heavy atom. The van der Waals surface area contributed by atoms with E-state index in [9.17, 15) is 19.8 Å². The van der Waals surface area contributed by atoms with Gasteiger partial charge in [0.1, 0.15) is 18.5 Å². The molecule has 51 heavy (non-hydrogen) atoms. The number of allylic oxidation sites excluding steroid dienone is 4. The van der Waals surface area contributed by atoms with Gasteiger partial charge in [-0.05, 0) is 93.4 Å². The molecule has 0 radical (unpaired) electrons. The molecular weight excluding hydrogens is 656 g/mol. The lowest BCUT2D eigenvalue weighted by Crippen LogP contribution is -2.70. The Bertz CT molecular complexity index is 1760. The predicted octanol–water partition coefficient (Wildman–Crippen LogP) is 6.41. The number of nitrogens with zero attached hydrogens (tertiary/aromatic N) is 1. The van der Waals surface area contributed by atoms with Crippen LogP contribution >= 0.6 is 0 Å². The lowest BCUT2D eigenvalue weighted by molar-refractivity contribution is -0.235. The van der Waals surface area contributed by atoms with E-state index in [2.05, 4.69) is 30.9 Å². The Balaban J connectivity index is 0.00000448. The van der Waals surface area contributed by atoms with Crippen molar-refractivity contribution in [1.29, 1.82) is 0 Å². The van der Waals surface area contributed by atoms with Crippen molar-refractivity contribution in [3.05, 3.63) is 83.0 Å². The molecule has 1 aliphatic heterocycles. The van der Waals surface area contributed by atoms with Crippen molar-refractivity contribution >= 4 is 17.3 Å². The van der Waals surface area contributed by atoms with Crippen LogP contribution in [0.4, 0.5) is 14.5 Å². The number of alkyl halides is 2. The highest BCUT2D eigenvalue weighted by atomic mass is 19.1. The maximum atomic E-state index is 17.6. The minimum atomic E-state index is -2.30. The zero-order valence-corrected chi connectivity index (χ0v) is 29.5. The van der Waals surface area contributed by atoms with E-state index >= 15 is 8.78 Å². The van der Waals surface area contributed by atoms with Crippen molar-refractivity contribution < 1.29 is 42.8 Å². The molecule has 4 aliphatic carbocycles. The average Bonchev–Trinajstić information content (AvgIpc) is 3.59. The first-order chi connectivity index (χ1) is 23.6. The predicted molar refractivity (Wildman–Crippen MR) is 190 cm³/mol. The molecule has 3 saturated carbocycles. The van der Waals surface area contributed by atoms with Crippen LogP contribution in [-0.4, -0.2) is 78.2 Å². The summed E-state index contributed by atoms with van der Waals surface area (Å²) < 4.78 is 52.3. The maximum Gasteiger partial charge on any atom is 0.193 e. The molecule has 0 aromatic heterocycles. The van der Waals surface area contributed by atoms with E-state index in [-0.39, 0.29) is 32.3 Å². The Morgan fingerprint density at radius 3 is 2.43 bits per heavy atom. The number of Topliss-reactive ketones (excluding diaryl/α,β-unsaturated/α-hetero) is 1. The molecule has 2 aromatic carbocycles. The SMILES string of the molecule is C.COc1cc(Cc2ccc([C@H]3O[C@@H]4C[C@H]5[C@@H]6C[C@H](F)C7=CC(=O)C=C[C@]7(C)[C@@]6(F)[C@@H](O)C[C@]5(C)[C@]4(C(=O)CO)O3)cc2)ccc1N(C)C(C)C. The van der Waals surface area contributed by atoms with Crippen LogP contribution in [0.5, 0.6) is 5.75 Å². The van der Waals surface area contributed by atoms with Gasteiger partial charge in [0.2, 0.25) is 0 Å². The largest absolute Gasteiger partial charge is 0.495 e. The van der Waals surface area contributed by atoms with Crippen molar-refractivity contribution in [3.63, 3.8) is 0 Å². The Kier molecular flexibility index (Phi) is 9.44. The average molecular weight is 708 g/mol. The quantitative estimate of drug-likeness (QED) is 0.325. The summed E-state index contributed by atoms with van der Waals surface area (Å²) in [7, 11) is 3.70. The summed E-state index contributed by atoms with van der Waals surface area (Å²) >= 11 is 0. The van der Waals surface area contributed by atoms with Crippen LogP contribution in [0, 0.1) is 22.7 Å². The highest BCUT2D eigenvalue weighted by molar-refractivity contribution is 6.01. The zero-order chi connectivity index (χ0) is 36.0. The van der Waals surface area contributed by atoms with Crippen LogP contribution in [-0.2, 0) is 25.5 Å². The van der Waals surface area contributed by atoms with Crippen molar-refractivity contribution in [2.45, 2.75) is 103 Å². The first-order valence-corrected chi connectivity index (χ1v) is 17.6. The van der Waals surface area contributed by atoms with E-state index in [0.29, 0.717) is 18.0 Å². The molecule has 8 nitrogen and oxygen atoms in total. The number of halogens is 2. The van der Waals surface area contributed by atoms with Gasteiger partial charge in [0.15, 0.2) is 29.1 Å². The van der Waals surface area contributed by atoms with Crippen LogP contribution in [0.25, 0.3) is 0 Å². The molecule has 4 fully saturated rings. The molecule has 276 valence electrons. The Morgan fingerprint density at radius 2 is 1.78 bits per heavy atom. The molecule has 1 heterocycles. The van der Waals surface area contributed by atoms with E-state index in [1.54, 1.807) is 21.0 Å². The number of carbonyl (C=O) groups excluding carboxylic acids is 2. The first-order valence-electron chi connectivity index (χ1n) is 17.6. The van der Waals surface area contributed by atoms with Gasteiger partial charge in [0.05, 0.1) is 25.0 Å². The van der Waals surface area contributed by atoms with E-state index < -0.39 is 76.8 Å². The lowest BCUT2D eigenvalue weighted by atomic mass is 9.44. The van der Waals surface area contributed by atoms with Crippen LogP contribution < -0.4 is 9.64 Å². The Labute approximate surface area is 299 Å². The third-order valence-corrected chi connectivity index (χ3v) is 13.0. The number of anilines is 1. The highest BCUT2D eigenvalue weighted by Crippen LogP contribution is 2.72.